The number of carbonyl (C=O) groups excluding carboxylic acids is 2. The van der Waals surface area contributed by atoms with Gasteiger partial charge in [0.1, 0.15) is 0 Å². The van der Waals surface area contributed by atoms with Crippen LogP contribution >= 0.6 is 0 Å². The van der Waals surface area contributed by atoms with Crippen LogP contribution in [0.5, 0.6) is 11.5 Å². The molecule has 168 valence electrons. The van der Waals surface area contributed by atoms with Crippen LogP contribution in [0.3, 0.4) is 0 Å². The van der Waals surface area contributed by atoms with Crippen molar-refractivity contribution in [3.05, 3.63) is 47.7 Å². The maximum atomic E-state index is 12.3. The second kappa shape index (κ2) is 8.45. The predicted molar refractivity (Wildman–Crippen MR) is 124 cm³/mol. The van der Waals surface area contributed by atoms with Crippen LogP contribution < -0.4 is 20.1 Å². The first-order chi connectivity index (χ1) is 15.3. The number of fused-ring (bicyclic) bond motifs is 1. The molecular formula is C24H28N4O4. The Balaban J connectivity index is 1.74. The van der Waals surface area contributed by atoms with Gasteiger partial charge in [-0.1, -0.05) is 0 Å². The van der Waals surface area contributed by atoms with Gasteiger partial charge in [0.25, 0.3) is 5.91 Å². The Morgan fingerprint density at radius 3 is 2.00 bits per heavy atom. The van der Waals surface area contributed by atoms with Crippen molar-refractivity contribution in [3.63, 3.8) is 0 Å². The second-order valence-electron chi connectivity index (χ2n) is 7.89. The van der Waals surface area contributed by atoms with Crippen molar-refractivity contribution in [3.8, 4) is 17.2 Å². The Morgan fingerprint density at radius 2 is 1.47 bits per heavy atom. The molecule has 0 spiro atoms. The van der Waals surface area contributed by atoms with Crippen molar-refractivity contribution in [1.29, 1.82) is 0 Å². The predicted octanol–water partition coefficient (Wildman–Crippen LogP) is 2.72. The fourth-order valence-corrected chi connectivity index (χ4v) is 4.48. The zero-order valence-electron chi connectivity index (χ0n) is 18.8. The lowest BCUT2D eigenvalue weighted by atomic mass is 10.1. The van der Waals surface area contributed by atoms with Crippen LogP contribution in [0.25, 0.3) is 16.6 Å². The number of benzene rings is 2. The molecule has 8 nitrogen and oxygen atoms in total. The van der Waals surface area contributed by atoms with Gasteiger partial charge in [0, 0.05) is 61.6 Å². The van der Waals surface area contributed by atoms with Crippen molar-refractivity contribution in [2.75, 3.05) is 45.3 Å². The number of methoxy groups -OCH3 is 2. The van der Waals surface area contributed by atoms with Gasteiger partial charge in [-0.25, -0.2) is 0 Å². The van der Waals surface area contributed by atoms with E-state index < -0.39 is 5.91 Å². The summed E-state index contributed by atoms with van der Waals surface area (Å²) in [4.78, 5) is 28.0. The second-order valence-corrected chi connectivity index (χ2v) is 7.89. The van der Waals surface area contributed by atoms with Crippen molar-refractivity contribution in [1.82, 2.24) is 9.47 Å². The first-order valence-corrected chi connectivity index (χ1v) is 10.5. The molecule has 0 unspecified atom stereocenters. The fraction of sp³-hybridized carbons (Fsp3) is 0.333. The lowest BCUT2D eigenvalue weighted by Gasteiger charge is -2.35. The Morgan fingerprint density at radius 1 is 0.906 bits per heavy atom. The van der Waals surface area contributed by atoms with Gasteiger partial charge in [0.05, 0.1) is 25.3 Å². The van der Waals surface area contributed by atoms with E-state index in [1.807, 2.05) is 34.6 Å². The molecule has 1 aliphatic heterocycles. The highest BCUT2D eigenvalue weighted by atomic mass is 16.5. The molecule has 1 aliphatic rings. The summed E-state index contributed by atoms with van der Waals surface area (Å²) >= 11 is 0. The zero-order valence-corrected chi connectivity index (χ0v) is 18.8. The van der Waals surface area contributed by atoms with E-state index >= 15 is 0 Å². The SMILES string of the molecule is COc1cc2c(C(N)=O)c(C)n(-c3ccc(N4CCN(C(C)=O)CC4)cc3)c2cc1OC. The van der Waals surface area contributed by atoms with E-state index in [9.17, 15) is 9.59 Å². The number of nitrogens with zero attached hydrogens (tertiary/aromatic N) is 3. The van der Waals surface area contributed by atoms with Gasteiger partial charge in [0.2, 0.25) is 5.91 Å². The average Bonchev–Trinajstić information content (AvgIpc) is 3.09. The maximum absolute atomic E-state index is 12.3. The van der Waals surface area contributed by atoms with E-state index in [0.717, 1.165) is 54.2 Å². The highest BCUT2D eigenvalue weighted by Crippen LogP contribution is 2.38. The molecule has 0 radical (unpaired) electrons. The number of primary amides is 1. The third kappa shape index (κ3) is 3.62. The minimum Gasteiger partial charge on any atom is -0.493 e. The van der Waals surface area contributed by atoms with E-state index in [1.165, 1.54) is 0 Å². The number of hydrogen-bond acceptors (Lipinski definition) is 5. The molecule has 4 rings (SSSR count). The monoisotopic (exact) mass is 436 g/mol. The number of aromatic nitrogens is 1. The molecule has 3 aromatic rings. The fourth-order valence-electron chi connectivity index (χ4n) is 4.48. The summed E-state index contributed by atoms with van der Waals surface area (Å²) in [5.41, 5.74) is 9.78. The summed E-state index contributed by atoms with van der Waals surface area (Å²) in [6.07, 6.45) is 0. The number of rotatable bonds is 5. The van der Waals surface area contributed by atoms with Crippen LogP contribution in [0.4, 0.5) is 5.69 Å². The lowest BCUT2D eigenvalue weighted by Crippen LogP contribution is -2.48. The topological polar surface area (TPSA) is 90.0 Å². The molecule has 1 saturated heterocycles. The van der Waals surface area contributed by atoms with Crippen LogP contribution in [-0.4, -0.2) is 61.7 Å². The minimum absolute atomic E-state index is 0.118. The largest absolute Gasteiger partial charge is 0.493 e. The van der Waals surface area contributed by atoms with Crippen LogP contribution in [0.15, 0.2) is 36.4 Å². The number of anilines is 1. The first kappa shape index (κ1) is 21.5. The smallest absolute Gasteiger partial charge is 0.251 e. The molecular weight excluding hydrogens is 408 g/mol. The average molecular weight is 437 g/mol. The Kier molecular flexibility index (Phi) is 5.69. The number of nitrogens with two attached hydrogens (primary N) is 1. The summed E-state index contributed by atoms with van der Waals surface area (Å²) in [6.45, 7) is 6.54. The molecule has 0 bridgehead atoms. The van der Waals surface area contributed by atoms with Gasteiger partial charge < -0.3 is 29.6 Å². The van der Waals surface area contributed by atoms with E-state index in [1.54, 1.807) is 27.2 Å². The number of carbonyl (C=O) groups is 2. The van der Waals surface area contributed by atoms with Gasteiger partial charge >= 0.3 is 0 Å². The van der Waals surface area contributed by atoms with Crippen molar-refractivity contribution in [2.24, 2.45) is 5.73 Å². The maximum Gasteiger partial charge on any atom is 0.251 e. The molecule has 1 aromatic heterocycles. The molecule has 2 aromatic carbocycles. The Hall–Kier alpha value is -3.68. The molecule has 32 heavy (non-hydrogen) atoms. The summed E-state index contributed by atoms with van der Waals surface area (Å²) in [6, 6.07) is 11.8. The normalized spacial score (nSPS) is 14.0. The van der Waals surface area contributed by atoms with E-state index in [2.05, 4.69) is 17.0 Å². The van der Waals surface area contributed by atoms with Gasteiger partial charge in [-0.05, 0) is 37.3 Å². The van der Waals surface area contributed by atoms with Gasteiger partial charge in [-0.3, -0.25) is 9.59 Å². The van der Waals surface area contributed by atoms with Gasteiger partial charge in [0.15, 0.2) is 11.5 Å². The van der Waals surface area contributed by atoms with E-state index in [0.29, 0.717) is 17.1 Å². The van der Waals surface area contributed by atoms with Crippen LogP contribution in [0, 0.1) is 6.92 Å². The van der Waals surface area contributed by atoms with Gasteiger partial charge in [-0.2, -0.15) is 0 Å². The molecule has 2 N–H and O–H groups in total. The highest BCUT2D eigenvalue weighted by molar-refractivity contribution is 6.09. The summed E-state index contributed by atoms with van der Waals surface area (Å²) < 4.78 is 12.9. The highest BCUT2D eigenvalue weighted by Gasteiger charge is 2.23. The molecule has 2 heterocycles. The minimum atomic E-state index is -0.488. The molecule has 8 heteroatoms. The number of piperazine rings is 1. The number of amides is 2. The van der Waals surface area contributed by atoms with Crippen LogP contribution in [0.1, 0.15) is 23.0 Å². The first-order valence-electron chi connectivity index (χ1n) is 10.5. The molecule has 0 aliphatic carbocycles. The van der Waals surface area contributed by atoms with Crippen molar-refractivity contribution in [2.45, 2.75) is 13.8 Å². The Labute approximate surface area is 187 Å². The number of ether oxygens (including phenoxy) is 2. The third-order valence-corrected chi connectivity index (χ3v) is 6.15. The lowest BCUT2D eigenvalue weighted by molar-refractivity contribution is -0.129. The Bertz CT molecular complexity index is 1180. The standard InChI is InChI=1S/C24H28N4O4/c1-15-23(24(25)30)19-13-21(31-3)22(32-4)14-20(19)28(15)18-7-5-17(6-8-18)27-11-9-26(10-12-27)16(2)29/h5-8,13-14H,9-12H2,1-4H3,(H2,25,30). The van der Waals surface area contributed by atoms with Crippen LogP contribution in [0.2, 0.25) is 0 Å². The van der Waals surface area contributed by atoms with Gasteiger partial charge in [-0.15, -0.1) is 0 Å². The third-order valence-electron chi connectivity index (χ3n) is 6.15. The molecule has 2 amide bonds. The quantitative estimate of drug-likeness (QED) is 0.664. The van der Waals surface area contributed by atoms with Crippen molar-refractivity contribution >= 4 is 28.4 Å². The summed E-state index contributed by atoms with van der Waals surface area (Å²) in [5, 5.41) is 0.720. The van der Waals surface area contributed by atoms with Crippen LogP contribution in [-0.2, 0) is 4.79 Å². The van der Waals surface area contributed by atoms with Crippen molar-refractivity contribution < 1.29 is 19.1 Å². The van der Waals surface area contributed by atoms with E-state index in [4.69, 9.17) is 15.2 Å². The van der Waals surface area contributed by atoms with E-state index in [-0.39, 0.29) is 5.91 Å². The summed E-state index contributed by atoms with van der Waals surface area (Å²) in [5.74, 6) is 0.750. The zero-order chi connectivity index (χ0) is 23.0. The molecule has 0 atom stereocenters. The number of hydrogen-bond donors (Lipinski definition) is 1. The molecule has 1 fully saturated rings. The summed E-state index contributed by atoms with van der Waals surface area (Å²) in [7, 11) is 3.14. The molecule has 0 saturated carbocycles.